The molecule has 11 atom stereocenters. The summed E-state index contributed by atoms with van der Waals surface area (Å²) in [5.41, 5.74) is 0.907. The van der Waals surface area contributed by atoms with Gasteiger partial charge in [-0.2, -0.15) is 0 Å². The van der Waals surface area contributed by atoms with Crippen LogP contribution >= 0.6 is 7.26 Å². The molecule has 0 N–H and O–H groups in total. The van der Waals surface area contributed by atoms with Gasteiger partial charge in [0.25, 0.3) is 0 Å². The van der Waals surface area contributed by atoms with E-state index in [9.17, 15) is 9.59 Å². The fraction of sp³-hybridized carbons (Fsp3) is 0.567. The van der Waals surface area contributed by atoms with Gasteiger partial charge in [-0.25, -0.2) is 0 Å². The molecule has 0 radical (unpaired) electrons. The highest BCUT2D eigenvalue weighted by Crippen LogP contribution is 2.78. The van der Waals surface area contributed by atoms with Gasteiger partial charge >= 0.3 is 11.9 Å². The van der Waals surface area contributed by atoms with Crippen LogP contribution in [0.2, 0.25) is 0 Å². The van der Waals surface area contributed by atoms with Gasteiger partial charge in [0, 0.05) is 12.3 Å². The minimum Gasteiger partial charge on any atom is -0.462 e. The molecule has 0 amide bonds. The first-order chi connectivity index (χ1) is 31.1. The zero-order valence-corrected chi connectivity index (χ0v) is 41.8. The third-order valence-electron chi connectivity index (χ3n) is 19.9. The Morgan fingerprint density at radius 3 is 1.78 bits per heavy atom. The minimum atomic E-state index is -2.00. The molecule has 5 aliphatic carbocycles. The fourth-order valence-corrected chi connectivity index (χ4v) is 21.5. The zero-order valence-electron chi connectivity index (χ0n) is 40.9. The minimum absolute atomic E-state index is 0.0751. The third kappa shape index (κ3) is 7.58. The predicted molar refractivity (Wildman–Crippen MR) is 269 cm³/mol. The number of carbonyl (C=O) groups excluding carboxylic acids is 2. The van der Waals surface area contributed by atoms with Crippen LogP contribution in [-0.4, -0.2) is 24.2 Å². The maximum atomic E-state index is 14.7. The van der Waals surface area contributed by atoms with Gasteiger partial charge in [-0.3, -0.25) is 9.59 Å². The first-order valence-electron chi connectivity index (χ1n) is 25.6. The summed E-state index contributed by atoms with van der Waals surface area (Å²) in [6.45, 7) is 19.8. The van der Waals surface area contributed by atoms with Gasteiger partial charge in [-0.1, -0.05) is 133 Å². The van der Waals surface area contributed by atoms with Crippen molar-refractivity contribution in [2.24, 2.45) is 68.5 Å². The van der Waals surface area contributed by atoms with E-state index in [2.05, 4.69) is 152 Å². The summed E-state index contributed by atoms with van der Waals surface area (Å²) in [6.07, 6.45) is 13.1. The molecule has 0 heterocycles. The Morgan fingerprint density at radius 2 is 1.23 bits per heavy atom. The molecule has 346 valence electrons. The molecule has 5 aliphatic rings. The van der Waals surface area contributed by atoms with Gasteiger partial charge in [0.05, 0.1) is 11.6 Å². The van der Waals surface area contributed by atoms with E-state index >= 15 is 0 Å². The predicted octanol–water partition coefficient (Wildman–Crippen LogP) is 13.4. The maximum Gasteiger partial charge on any atom is 0.312 e. The lowest BCUT2D eigenvalue weighted by atomic mass is 9.31. The standard InChI is InChI=1S/C60H78O4P/c1-42(2)49-33-36-60(55(62)63-41-44-22-13-9-14-23-44)38-37-58(7)50(53(49)60)31-32-52-57(6)40-45(54(64-43(3)61)56(4,5)51(57)34-35-59(52,58)8)24-21-39-65(46-25-15-10-16-26-46,47-27-17-11-18-28-47)48-29-19-12-20-30-48/h9-20,22-23,25-30,42,45,49-54H,21,24,31-41H2,1-8H3/q+1/t45-,49-,50+,51-,52+,53+,54-,57-,58+,59+,60-/m0/s1. The van der Waals surface area contributed by atoms with E-state index in [0.717, 1.165) is 63.1 Å². The smallest absolute Gasteiger partial charge is 0.312 e. The summed E-state index contributed by atoms with van der Waals surface area (Å²) in [5.74, 6) is 3.17. The van der Waals surface area contributed by atoms with Crippen molar-refractivity contribution in [3.63, 3.8) is 0 Å². The van der Waals surface area contributed by atoms with Crippen LogP contribution in [0.5, 0.6) is 0 Å². The first-order valence-corrected chi connectivity index (χ1v) is 27.5. The van der Waals surface area contributed by atoms with Gasteiger partial charge in [0.2, 0.25) is 0 Å². The van der Waals surface area contributed by atoms with E-state index in [1.165, 1.54) is 35.2 Å². The van der Waals surface area contributed by atoms with Crippen LogP contribution in [0.4, 0.5) is 0 Å². The highest BCUT2D eigenvalue weighted by molar-refractivity contribution is 7.95. The Labute approximate surface area is 392 Å². The second kappa shape index (κ2) is 17.7. The maximum absolute atomic E-state index is 14.7. The molecule has 4 nitrogen and oxygen atoms in total. The lowest BCUT2D eigenvalue weighted by Crippen LogP contribution is -2.68. The molecule has 5 fully saturated rings. The number of benzene rings is 4. The topological polar surface area (TPSA) is 52.6 Å². The van der Waals surface area contributed by atoms with Crippen molar-refractivity contribution < 1.29 is 19.1 Å². The summed E-state index contributed by atoms with van der Waals surface area (Å²) in [6, 6.07) is 44.2. The van der Waals surface area contributed by atoms with E-state index < -0.39 is 7.26 Å². The highest BCUT2D eigenvalue weighted by Gasteiger charge is 2.73. The lowest BCUT2D eigenvalue weighted by Gasteiger charge is -2.73. The molecule has 5 saturated carbocycles. The van der Waals surface area contributed by atoms with Crippen molar-refractivity contribution in [1.82, 2.24) is 0 Å². The summed E-state index contributed by atoms with van der Waals surface area (Å²) >= 11 is 0. The molecule has 0 bridgehead atoms. The van der Waals surface area contributed by atoms with E-state index in [-0.39, 0.29) is 51.0 Å². The fourth-order valence-electron chi connectivity index (χ4n) is 17.1. The number of ether oxygens (including phenoxy) is 2. The molecule has 0 unspecified atom stereocenters. The molecule has 9 rings (SSSR count). The zero-order chi connectivity index (χ0) is 45.8. The largest absolute Gasteiger partial charge is 0.462 e. The monoisotopic (exact) mass is 894 g/mol. The van der Waals surface area contributed by atoms with Crippen LogP contribution in [0.3, 0.4) is 0 Å². The Morgan fingerprint density at radius 1 is 0.662 bits per heavy atom. The Kier molecular flexibility index (Phi) is 12.6. The summed E-state index contributed by atoms with van der Waals surface area (Å²) in [5, 5.41) is 4.29. The van der Waals surface area contributed by atoms with Gasteiger partial charge in [0.1, 0.15) is 35.9 Å². The van der Waals surface area contributed by atoms with Crippen molar-refractivity contribution >= 4 is 35.1 Å². The van der Waals surface area contributed by atoms with E-state index in [4.69, 9.17) is 9.47 Å². The van der Waals surface area contributed by atoms with Gasteiger partial charge < -0.3 is 9.47 Å². The van der Waals surface area contributed by atoms with E-state index in [1.807, 2.05) is 18.2 Å². The molecule has 0 spiro atoms. The molecule has 5 heteroatoms. The van der Waals surface area contributed by atoms with Gasteiger partial charge in [-0.05, 0) is 170 Å². The average Bonchev–Trinajstić information content (AvgIpc) is 3.71. The molecule has 65 heavy (non-hydrogen) atoms. The summed E-state index contributed by atoms with van der Waals surface area (Å²) in [4.78, 5) is 27.8. The number of carbonyl (C=O) groups is 2. The first kappa shape index (κ1) is 46.4. The number of hydrogen-bond donors (Lipinski definition) is 0. The SMILES string of the molecule is CC(=O)O[C@H]1[C@@H](CCC[P+](c2ccccc2)(c2ccccc2)c2ccccc2)C[C@]2(C)[C@H]3CC[C@@H]4[C@H]5[C@H](C(C)C)CC[C@]5(C(=O)OCc5ccccc5)CC[C@@]4(C)[C@]3(C)CC[C@H]2C1(C)C. The number of esters is 2. The average molecular weight is 894 g/mol. The second-order valence-corrected chi connectivity index (χ2v) is 27.0. The number of fused-ring (bicyclic) bond motifs is 7. The van der Waals surface area contributed by atoms with Crippen LogP contribution < -0.4 is 15.9 Å². The molecular formula is C60H78O4P+. The van der Waals surface area contributed by atoms with Crippen LogP contribution in [0.1, 0.15) is 132 Å². The van der Waals surface area contributed by atoms with Crippen molar-refractivity contribution in [3.8, 4) is 0 Å². The van der Waals surface area contributed by atoms with Crippen molar-refractivity contribution in [2.75, 3.05) is 6.16 Å². The van der Waals surface area contributed by atoms with Crippen LogP contribution in [-0.2, 0) is 25.7 Å². The van der Waals surface area contributed by atoms with Gasteiger partial charge in [-0.15, -0.1) is 0 Å². The second-order valence-electron chi connectivity index (χ2n) is 23.4. The summed E-state index contributed by atoms with van der Waals surface area (Å²) < 4.78 is 13.0. The Balaban J connectivity index is 1.03. The van der Waals surface area contributed by atoms with Crippen molar-refractivity contribution in [2.45, 2.75) is 139 Å². The van der Waals surface area contributed by atoms with E-state index in [1.54, 1.807) is 6.92 Å². The molecule has 0 saturated heterocycles. The van der Waals surface area contributed by atoms with Crippen molar-refractivity contribution in [1.29, 1.82) is 0 Å². The normalized spacial score (nSPS) is 34.9. The number of rotatable bonds is 12. The molecule has 4 aromatic carbocycles. The third-order valence-corrected chi connectivity index (χ3v) is 24.5. The Bertz CT molecular complexity index is 2180. The molecule has 0 aromatic heterocycles. The van der Waals surface area contributed by atoms with E-state index in [0.29, 0.717) is 42.1 Å². The lowest BCUT2D eigenvalue weighted by molar-refractivity contribution is -0.261. The molecule has 4 aromatic rings. The Hall–Kier alpha value is -3.75. The van der Waals surface area contributed by atoms with Crippen LogP contribution in [0.15, 0.2) is 121 Å². The quantitative estimate of drug-likeness (QED) is 0.105. The number of hydrogen-bond acceptors (Lipinski definition) is 4. The van der Waals surface area contributed by atoms with Crippen molar-refractivity contribution in [3.05, 3.63) is 127 Å². The molecular weight excluding hydrogens is 816 g/mol. The molecule has 0 aliphatic heterocycles. The summed E-state index contributed by atoms with van der Waals surface area (Å²) in [7, 11) is -2.00. The van der Waals surface area contributed by atoms with Crippen LogP contribution in [0, 0.1) is 68.5 Å². The van der Waals surface area contributed by atoms with Crippen LogP contribution in [0.25, 0.3) is 0 Å². The van der Waals surface area contributed by atoms with Gasteiger partial charge in [0.15, 0.2) is 0 Å². The highest BCUT2D eigenvalue weighted by atomic mass is 31.2.